The summed E-state index contributed by atoms with van der Waals surface area (Å²) in [6.45, 7) is 1.77. The summed E-state index contributed by atoms with van der Waals surface area (Å²) in [7, 11) is -3.81. The van der Waals surface area contributed by atoms with E-state index in [1.165, 1.54) is 12.3 Å². The molecule has 2 aromatic rings. The number of hydrogen-bond donors (Lipinski definition) is 2. The van der Waals surface area contributed by atoms with Gasteiger partial charge in [0, 0.05) is 16.4 Å². The molecule has 0 radical (unpaired) electrons. The van der Waals surface area contributed by atoms with Crippen LogP contribution in [0.15, 0.2) is 39.8 Å². The second kappa shape index (κ2) is 5.14. The quantitative estimate of drug-likeness (QED) is 0.887. The topological polar surface area (TPSA) is 98.0 Å². The fourth-order valence-corrected chi connectivity index (χ4v) is 3.03. The Morgan fingerprint density at radius 1 is 1.37 bits per heavy atom. The third-order valence-electron chi connectivity index (χ3n) is 2.27. The van der Waals surface area contributed by atoms with Crippen molar-refractivity contribution >= 4 is 37.6 Å². The van der Waals surface area contributed by atoms with Gasteiger partial charge >= 0.3 is 0 Å². The SMILES string of the molecule is Cc1cccc(NS(=O)(=O)c2cc(Br)cnc2N)n1. The summed E-state index contributed by atoms with van der Waals surface area (Å²) in [6.07, 6.45) is 1.43. The molecule has 0 aliphatic carbocycles. The molecule has 0 spiro atoms. The third-order valence-corrected chi connectivity index (χ3v) is 4.08. The molecular formula is C11H11BrN4O2S. The van der Waals surface area contributed by atoms with Crippen LogP contribution in [0.25, 0.3) is 0 Å². The minimum atomic E-state index is -3.81. The Morgan fingerprint density at radius 3 is 2.79 bits per heavy atom. The molecule has 0 aliphatic heterocycles. The lowest BCUT2D eigenvalue weighted by Gasteiger charge is -2.09. The van der Waals surface area contributed by atoms with E-state index in [0.29, 0.717) is 10.2 Å². The first-order valence-corrected chi connectivity index (χ1v) is 7.53. The number of pyridine rings is 2. The lowest BCUT2D eigenvalue weighted by molar-refractivity contribution is 0.601. The van der Waals surface area contributed by atoms with Gasteiger partial charge in [0.1, 0.15) is 16.5 Å². The van der Waals surface area contributed by atoms with Gasteiger partial charge < -0.3 is 5.73 Å². The summed E-state index contributed by atoms with van der Waals surface area (Å²) < 4.78 is 27.3. The number of rotatable bonds is 3. The highest BCUT2D eigenvalue weighted by molar-refractivity contribution is 9.10. The van der Waals surface area contributed by atoms with Gasteiger partial charge in [0.2, 0.25) is 0 Å². The molecule has 0 unspecified atom stereocenters. The molecule has 19 heavy (non-hydrogen) atoms. The molecule has 8 heteroatoms. The number of nitrogens with zero attached hydrogens (tertiary/aromatic N) is 2. The second-order valence-corrected chi connectivity index (χ2v) is 6.37. The summed E-state index contributed by atoms with van der Waals surface area (Å²) in [5.74, 6) is 0.169. The molecule has 0 bridgehead atoms. The number of nitrogen functional groups attached to an aromatic ring is 1. The monoisotopic (exact) mass is 342 g/mol. The van der Waals surface area contributed by atoms with Gasteiger partial charge in [0.25, 0.3) is 10.0 Å². The second-order valence-electron chi connectivity index (χ2n) is 3.81. The Kier molecular flexibility index (Phi) is 3.72. The molecule has 2 aromatic heterocycles. The number of nitrogens with one attached hydrogen (secondary N) is 1. The van der Waals surface area contributed by atoms with Gasteiger partial charge in [0.15, 0.2) is 0 Å². The van der Waals surface area contributed by atoms with Crippen LogP contribution >= 0.6 is 15.9 Å². The van der Waals surface area contributed by atoms with Crippen LogP contribution in [-0.2, 0) is 10.0 Å². The van der Waals surface area contributed by atoms with Gasteiger partial charge in [-0.15, -0.1) is 0 Å². The molecule has 0 fully saturated rings. The minimum Gasteiger partial charge on any atom is -0.383 e. The predicted octanol–water partition coefficient (Wildman–Crippen LogP) is 1.93. The van der Waals surface area contributed by atoms with Crippen LogP contribution in [0.3, 0.4) is 0 Å². The van der Waals surface area contributed by atoms with Crippen molar-refractivity contribution in [1.29, 1.82) is 0 Å². The van der Waals surface area contributed by atoms with Crippen LogP contribution in [0.2, 0.25) is 0 Å². The van der Waals surface area contributed by atoms with Crippen LogP contribution in [-0.4, -0.2) is 18.4 Å². The van der Waals surface area contributed by atoms with Crippen molar-refractivity contribution in [2.24, 2.45) is 0 Å². The number of aryl methyl sites for hydroxylation is 1. The maximum Gasteiger partial charge on any atom is 0.266 e. The summed E-state index contributed by atoms with van der Waals surface area (Å²) in [5, 5.41) is 0. The highest BCUT2D eigenvalue weighted by Crippen LogP contribution is 2.22. The first-order valence-electron chi connectivity index (χ1n) is 5.26. The molecule has 100 valence electrons. The molecular weight excluding hydrogens is 332 g/mol. The number of sulfonamides is 1. The fraction of sp³-hybridized carbons (Fsp3) is 0.0909. The number of aromatic nitrogens is 2. The van der Waals surface area contributed by atoms with Crippen molar-refractivity contribution in [3.05, 3.63) is 40.6 Å². The van der Waals surface area contributed by atoms with E-state index in [0.717, 1.165) is 0 Å². The van der Waals surface area contributed by atoms with Crippen LogP contribution in [0, 0.1) is 6.92 Å². The Bertz CT molecular complexity index is 718. The number of anilines is 2. The number of nitrogens with two attached hydrogens (primary N) is 1. The summed E-state index contributed by atoms with van der Waals surface area (Å²) >= 11 is 3.16. The number of hydrogen-bond acceptors (Lipinski definition) is 5. The van der Waals surface area contributed by atoms with Crippen molar-refractivity contribution in [1.82, 2.24) is 9.97 Å². The third kappa shape index (κ3) is 3.21. The van der Waals surface area contributed by atoms with E-state index in [4.69, 9.17) is 5.73 Å². The standard InChI is InChI=1S/C11H11BrN4O2S/c1-7-3-2-4-10(15-7)16-19(17,18)9-5-8(12)6-14-11(9)13/h2-6H,1H3,(H2,13,14)(H,15,16). The smallest absolute Gasteiger partial charge is 0.266 e. The molecule has 3 N–H and O–H groups in total. The number of halogens is 1. The van der Waals surface area contributed by atoms with E-state index in [1.54, 1.807) is 25.1 Å². The van der Waals surface area contributed by atoms with Crippen LogP contribution in [0.4, 0.5) is 11.6 Å². The normalized spacial score (nSPS) is 11.3. The molecule has 0 aromatic carbocycles. The first kappa shape index (κ1) is 13.8. The van der Waals surface area contributed by atoms with Gasteiger partial charge in [-0.2, -0.15) is 0 Å². The van der Waals surface area contributed by atoms with Gasteiger partial charge in [0.05, 0.1) is 0 Å². The van der Waals surface area contributed by atoms with Crippen LogP contribution in [0.5, 0.6) is 0 Å². The van der Waals surface area contributed by atoms with Gasteiger partial charge in [-0.3, -0.25) is 4.72 Å². The Hall–Kier alpha value is -1.67. The molecule has 6 nitrogen and oxygen atoms in total. The van der Waals surface area contributed by atoms with E-state index in [9.17, 15) is 8.42 Å². The zero-order chi connectivity index (χ0) is 14.0. The van der Waals surface area contributed by atoms with Crippen LogP contribution in [0.1, 0.15) is 5.69 Å². The molecule has 0 saturated carbocycles. The zero-order valence-electron chi connectivity index (χ0n) is 9.96. The van der Waals surface area contributed by atoms with E-state index < -0.39 is 10.0 Å². The highest BCUT2D eigenvalue weighted by atomic mass is 79.9. The predicted molar refractivity (Wildman–Crippen MR) is 76.1 cm³/mol. The molecule has 2 heterocycles. The zero-order valence-corrected chi connectivity index (χ0v) is 12.4. The first-order chi connectivity index (χ1) is 8.88. The summed E-state index contributed by atoms with van der Waals surface area (Å²) in [4.78, 5) is 7.78. The molecule has 0 amide bonds. The lowest BCUT2D eigenvalue weighted by atomic mass is 10.4. The Labute approximate surface area is 119 Å². The Morgan fingerprint density at radius 2 is 2.11 bits per heavy atom. The molecule has 0 saturated heterocycles. The van der Waals surface area contributed by atoms with Crippen molar-refractivity contribution in [3.8, 4) is 0 Å². The van der Waals surface area contributed by atoms with Crippen molar-refractivity contribution in [2.75, 3.05) is 10.5 Å². The van der Waals surface area contributed by atoms with Crippen molar-refractivity contribution in [2.45, 2.75) is 11.8 Å². The maximum atomic E-state index is 12.2. The van der Waals surface area contributed by atoms with Crippen molar-refractivity contribution in [3.63, 3.8) is 0 Å². The Balaban J connectivity index is 2.40. The summed E-state index contributed by atoms with van der Waals surface area (Å²) in [5.41, 5.74) is 6.30. The average molecular weight is 343 g/mol. The summed E-state index contributed by atoms with van der Waals surface area (Å²) in [6, 6.07) is 6.43. The average Bonchev–Trinajstić information content (AvgIpc) is 2.31. The maximum absolute atomic E-state index is 12.2. The van der Waals surface area contributed by atoms with E-state index in [1.807, 2.05) is 0 Å². The highest BCUT2D eigenvalue weighted by Gasteiger charge is 2.19. The molecule has 0 aliphatic rings. The van der Waals surface area contributed by atoms with Gasteiger partial charge in [-0.25, -0.2) is 18.4 Å². The lowest BCUT2D eigenvalue weighted by Crippen LogP contribution is -2.16. The minimum absolute atomic E-state index is 0.0663. The largest absolute Gasteiger partial charge is 0.383 e. The molecule has 0 atom stereocenters. The molecule has 2 rings (SSSR count). The fourth-order valence-electron chi connectivity index (χ4n) is 1.44. The van der Waals surface area contributed by atoms with E-state index in [2.05, 4.69) is 30.6 Å². The van der Waals surface area contributed by atoms with Crippen molar-refractivity contribution < 1.29 is 8.42 Å². The van der Waals surface area contributed by atoms with Gasteiger partial charge in [-0.1, -0.05) is 6.07 Å². The van der Waals surface area contributed by atoms with Gasteiger partial charge in [-0.05, 0) is 41.1 Å². The van der Waals surface area contributed by atoms with E-state index in [-0.39, 0.29) is 16.5 Å². The van der Waals surface area contributed by atoms with E-state index >= 15 is 0 Å². The van der Waals surface area contributed by atoms with Crippen LogP contribution < -0.4 is 10.5 Å².